The summed E-state index contributed by atoms with van der Waals surface area (Å²) in [6.45, 7) is 2.12. The summed E-state index contributed by atoms with van der Waals surface area (Å²) in [5, 5.41) is 11.9. The average Bonchev–Trinajstić information content (AvgIpc) is 3.33. The van der Waals surface area contributed by atoms with Crippen LogP contribution in [-0.2, 0) is 20.8 Å². The summed E-state index contributed by atoms with van der Waals surface area (Å²) in [7, 11) is 0. The van der Waals surface area contributed by atoms with Crippen molar-refractivity contribution in [3.63, 3.8) is 0 Å². The molecule has 2 N–H and O–H groups in total. The minimum Gasteiger partial charge on any atom is -0.480 e. The van der Waals surface area contributed by atoms with Crippen molar-refractivity contribution in [1.82, 2.24) is 10.2 Å². The van der Waals surface area contributed by atoms with Crippen LogP contribution in [-0.4, -0.2) is 57.3 Å². The molecule has 7 nitrogen and oxygen atoms in total. The number of hydrogen-bond acceptors (Lipinski definition) is 5. The summed E-state index contributed by atoms with van der Waals surface area (Å²) < 4.78 is 0. The second-order valence-electron chi connectivity index (χ2n) is 8.14. The molecule has 2 unspecified atom stereocenters. The van der Waals surface area contributed by atoms with Crippen LogP contribution in [0.4, 0.5) is 0 Å². The maximum atomic E-state index is 13.1. The van der Waals surface area contributed by atoms with Crippen molar-refractivity contribution in [2.45, 2.75) is 38.3 Å². The number of carbonyl (C=O) groups excluding carboxylic acids is 3. The molecular weight excluding hydrogens is 440 g/mol. The first-order valence-corrected chi connectivity index (χ1v) is 11.9. The highest BCUT2D eigenvalue weighted by molar-refractivity contribution is 8.13. The van der Waals surface area contributed by atoms with Crippen molar-refractivity contribution in [2.75, 3.05) is 12.3 Å². The van der Waals surface area contributed by atoms with E-state index in [2.05, 4.69) is 5.32 Å². The number of carbonyl (C=O) groups is 4. The van der Waals surface area contributed by atoms with E-state index in [-0.39, 0.29) is 22.7 Å². The summed E-state index contributed by atoms with van der Waals surface area (Å²) in [6, 6.07) is 16.6. The van der Waals surface area contributed by atoms with Gasteiger partial charge in [-0.3, -0.25) is 14.4 Å². The SMILES string of the molecule is CC(CSC(=O)C(Cc1ccccc1)NC(=O)c1ccccc1)C(=O)N1CCC[C@H]1C(=O)O. The van der Waals surface area contributed by atoms with E-state index in [4.69, 9.17) is 0 Å². The van der Waals surface area contributed by atoms with Crippen LogP contribution < -0.4 is 5.32 Å². The van der Waals surface area contributed by atoms with Gasteiger partial charge >= 0.3 is 5.97 Å². The Hall–Kier alpha value is -3.13. The van der Waals surface area contributed by atoms with Crippen LogP contribution in [0.15, 0.2) is 60.7 Å². The number of nitrogens with zero attached hydrogens (tertiary/aromatic N) is 1. The fourth-order valence-corrected chi connectivity index (χ4v) is 4.72. The third-order valence-corrected chi connectivity index (χ3v) is 6.86. The number of aliphatic carboxylic acids is 1. The van der Waals surface area contributed by atoms with Gasteiger partial charge in [-0.2, -0.15) is 0 Å². The summed E-state index contributed by atoms with van der Waals surface area (Å²) >= 11 is 0.997. The Kier molecular flexibility index (Phi) is 8.65. The first kappa shape index (κ1) is 24.5. The van der Waals surface area contributed by atoms with E-state index in [9.17, 15) is 24.3 Å². The second kappa shape index (κ2) is 11.7. The maximum Gasteiger partial charge on any atom is 0.326 e. The number of rotatable bonds is 9. The fourth-order valence-electron chi connectivity index (χ4n) is 3.82. The van der Waals surface area contributed by atoms with Crippen molar-refractivity contribution in [3.8, 4) is 0 Å². The Morgan fingerprint density at radius 1 is 1.06 bits per heavy atom. The maximum absolute atomic E-state index is 13.1. The van der Waals surface area contributed by atoms with E-state index in [1.165, 1.54) is 4.90 Å². The molecule has 0 saturated carbocycles. The van der Waals surface area contributed by atoms with Gasteiger partial charge in [-0.15, -0.1) is 0 Å². The molecule has 33 heavy (non-hydrogen) atoms. The van der Waals surface area contributed by atoms with Gasteiger partial charge in [0.2, 0.25) is 11.0 Å². The standard InChI is InChI=1S/C25H28N2O5S/c1-17(23(29)27-14-8-13-21(27)24(30)31)16-33-25(32)20(15-18-9-4-2-5-10-18)26-22(28)19-11-6-3-7-12-19/h2-7,9-12,17,20-21H,8,13-16H2,1H3,(H,26,28)(H,30,31)/t17?,20?,21-/m0/s1. The van der Waals surface area contributed by atoms with Crippen LogP contribution in [0.1, 0.15) is 35.7 Å². The van der Waals surface area contributed by atoms with E-state index in [1.54, 1.807) is 31.2 Å². The molecule has 2 amide bonds. The van der Waals surface area contributed by atoms with Crippen molar-refractivity contribution >= 4 is 34.7 Å². The monoisotopic (exact) mass is 468 g/mol. The highest BCUT2D eigenvalue weighted by Gasteiger charge is 2.36. The lowest BCUT2D eigenvalue weighted by atomic mass is 10.1. The van der Waals surface area contributed by atoms with Gasteiger partial charge in [0.15, 0.2) is 0 Å². The van der Waals surface area contributed by atoms with Gasteiger partial charge < -0.3 is 15.3 Å². The Morgan fingerprint density at radius 2 is 1.70 bits per heavy atom. The van der Waals surface area contributed by atoms with E-state index < -0.39 is 24.0 Å². The van der Waals surface area contributed by atoms with Crippen molar-refractivity contribution < 1.29 is 24.3 Å². The number of nitrogens with one attached hydrogen (secondary N) is 1. The van der Waals surface area contributed by atoms with E-state index in [1.807, 2.05) is 36.4 Å². The highest BCUT2D eigenvalue weighted by atomic mass is 32.2. The predicted octanol–water partition coefficient (Wildman–Crippen LogP) is 3.00. The minimum absolute atomic E-state index is 0.215. The first-order chi connectivity index (χ1) is 15.9. The molecule has 174 valence electrons. The van der Waals surface area contributed by atoms with Gasteiger partial charge in [0.1, 0.15) is 12.1 Å². The number of likely N-dealkylation sites (tertiary alicyclic amines) is 1. The zero-order valence-corrected chi connectivity index (χ0v) is 19.3. The zero-order valence-electron chi connectivity index (χ0n) is 18.5. The first-order valence-electron chi connectivity index (χ1n) is 11.0. The van der Waals surface area contributed by atoms with E-state index >= 15 is 0 Å². The lowest BCUT2D eigenvalue weighted by molar-refractivity contribution is -0.149. The van der Waals surface area contributed by atoms with Crippen LogP contribution in [0, 0.1) is 5.92 Å². The van der Waals surface area contributed by atoms with Crippen molar-refractivity contribution in [2.24, 2.45) is 5.92 Å². The number of hydrogen-bond donors (Lipinski definition) is 2. The van der Waals surface area contributed by atoms with Gasteiger partial charge in [0.25, 0.3) is 5.91 Å². The van der Waals surface area contributed by atoms with Crippen LogP contribution in [0.2, 0.25) is 0 Å². The third kappa shape index (κ3) is 6.68. The number of carboxylic acid groups (broad SMARTS) is 1. The largest absolute Gasteiger partial charge is 0.480 e. The normalized spacial score (nSPS) is 17.2. The second-order valence-corrected chi connectivity index (χ2v) is 9.17. The Labute approximate surface area is 197 Å². The molecule has 2 aromatic carbocycles. The molecule has 0 aliphatic carbocycles. The molecule has 1 fully saturated rings. The Bertz CT molecular complexity index is 983. The van der Waals surface area contributed by atoms with Crippen LogP contribution >= 0.6 is 11.8 Å². The summed E-state index contributed by atoms with van der Waals surface area (Å²) in [5.41, 5.74) is 1.38. The summed E-state index contributed by atoms with van der Waals surface area (Å²) in [5.74, 6) is -1.89. The molecule has 8 heteroatoms. The van der Waals surface area contributed by atoms with Crippen LogP contribution in [0.3, 0.4) is 0 Å². The molecule has 0 aromatic heterocycles. The van der Waals surface area contributed by atoms with E-state index in [0.717, 1.165) is 17.3 Å². The predicted molar refractivity (Wildman–Crippen MR) is 127 cm³/mol. The number of benzene rings is 2. The molecule has 1 aliphatic heterocycles. The van der Waals surface area contributed by atoms with Gasteiger partial charge in [-0.25, -0.2) is 4.79 Å². The van der Waals surface area contributed by atoms with Gasteiger partial charge in [0.05, 0.1) is 0 Å². The lowest BCUT2D eigenvalue weighted by Crippen LogP contribution is -2.44. The molecule has 0 bridgehead atoms. The summed E-state index contributed by atoms with van der Waals surface area (Å²) in [6.07, 6.45) is 1.44. The molecule has 0 spiro atoms. The van der Waals surface area contributed by atoms with Crippen LogP contribution in [0.25, 0.3) is 0 Å². The molecule has 0 radical (unpaired) electrons. The Balaban J connectivity index is 1.64. The minimum atomic E-state index is -0.997. The number of carboxylic acids is 1. The average molecular weight is 469 g/mol. The lowest BCUT2D eigenvalue weighted by Gasteiger charge is -2.25. The Morgan fingerprint density at radius 3 is 2.33 bits per heavy atom. The molecular formula is C25H28N2O5S. The highest BCUT2D eigenvalue weighted by Crippen LogP contribution is 2.23. The third-order valence-electron chi connectivity index (χ3n) is 5.63. The number of thioether (sulfide) groups is 1. The van der Waals surface area contributed by atoms with Gasteiger partial charge in [0, 0.05) is 30.2 Å². The van der Waals surface area contributed by atoms with Gasteiger partial charge in [-0.1, -0.05) is 67.2 Å². The smallest absolute Gasteiger partial charge is 0.326 e. The molecule has 3 rings (SSSR count). The quantitative estimate of drug-likeness (QED) is 0.586. The van der Waals surface area contributed by atoms with Crippen LogP contribution in [0.5, 0.6) is 0 Å². The van der Waals surface area contributed by atoms with Crippen molar-refractivity contribution in [3.05, 3.63) is 71.8 Å². The summed E-state index contributed by atoms with van der Waals surface area (Å²) in [4.78, 5) is 51.3. The van der Waals surface area contributed by atoms with Gasteiger partial charge in [-0.05, 0) is 30.5 Å². The number of amides is 2. The zero-order chi connectivity index (χ0) is 23.8. The molecule has 2 aromatic rings. The molecule has 1 aliphatic rings. The molecule has 1 saturated heterocycles. The molecule has 1 heterocycles. The molecule has 3 atom stereocenters. The van der Waals surface area contributed by atoms with E-state index in [0.29, 0.717) is 31.4 Å². The van der Waals surface area contributed by atoms with Crippen molar-refractivity contribution in [1.29, 1.82) is 0 Å². The topological polar surface area (TPSA) is 104 Å². The fraction of sp³-hybridized carbons (Fsp3) is 0.360.